The summed E-state index contributed by atoms with van der Waals surface area (Å²) in [5, 5.41) is 12.2. The highest BCUT2D eigenvalue weighted by atomic mass is 19.4. The monoisotopic (exact) mass is 269 g/mol. The van der Waals surface area contributed by atoms with Crippen LogP contribution in [0.4, 0.5) is 30.4 Å². The van der Waals surface area contributed by atoms with Crippen LogP contribution in [-0.4, -0.2) is 10.1 Å². The summed E-state index contributed by atoms with van der Waals surface area (Å²) in [6.07, 6.45) is -3.01. The number of hydrogen-bond acceptors (Lipinski definition) is 4. The topological polar surface area (TPSA) is 71.2 Å². The molecule has 1 aromatic carbocycles. The molecule has 0 saturated carbocycles. The van der Waals surface area contributed by atoms with Gasteiger partial charge in [-0.15, -0.1) is 0 Å². The van der Waals surface area contributed by atoms with Gasteiger partial charge in [-0.2, -0.15) is 13.2 Å². The highest BCUT2D eigenvalue weighted by molar-refractivity contribution is 5.73. The third kappa shape index (κ3) is 2.87. The van der Waals surface area contributed by atoms with Gasteiger partial charge in [0.2, 0.25) is 0 Å². The molecule has 0 atom stereocenters. The van der Waals surface area contributed by atoms with Crippen LogP contribution in [0.25, 0.3) is 0 Å². The Balaban J connectivity index is 2.30. The lowest BCUT2D eigenvalue weighted by atomic mass is 10.1. The minimum atomic E-state index is -4.44. The van der Waals surface area contributed by atoms with Gasteiger partial charge in [0, 0.05) is 6.20 Å². The fourth-order valence-corrected chi connectivity index (χ4v) is 1.47. The number of alkyl halides is 3. The number of rotatable bonds is 2. The summed E-state index contributed by atoms with van der Waals surface area (Å²) >= 11 is 0. The summed E-state index contributed by atoms with van der Waals surface area (Å²) < 4.78 is 37.4. The van der Waals surface area contributed by atoms with Crippen LogP contribution in [0.2, 0.25) is 0 Å². The molecular formula is C12H10F3N3O. The first-order valence-corrected chi connectivity index (χ1v) is 5.25. The zero-order chi connectivity index (χ0) is 14.0. The Hall–Kier alpha value is -2.44. The van der Waals surface area contributed by atoms with Crippen molar-refractivity contribution in [2.75, 3.05) is 11.1 Å². The molecule has 0 unspecified atom stereocenters. The molecule has 1 aromatic heterocycles. The largest absolute Gasteiger partial charge is 0.504 e. The van der Waals surface area contributed by atoms with Crippen LogP contribution in [-0.2, 0) is 6.18 Å². The van der Waals surface area contributed by atoms with Crippen LogP contribution >= 0.6 is 0 Å². The van der Waals surface area contributed by atoms with Gasteiger partial charge in [-0.25, -0.2) is 4.98 Å². The van der Waals surface area contributed by atoms with Crippen LogP contribution in [0.1, 0.15) is 5.56 Å². The molecule has 0 aliphatic carbocycles. The number of nitrogen functional groups attached to an aromatic ring is 1. The fourth-order valence-electron chi connectivity index (χ4n) is 1.47. The van der Waals surface area contributed by atoms with E-state index in [1.807, 2.05) is 0 Å². The number of anilines is 3. The number of aromatic hydroxyl groups is 1. The molecular weight excluding hydrogens is 259 g/mol. The summed E-state index contributed by atoms with van der Waals surface area (Å²) in [4.78, 5) is 3.85. The fraction of sp³-hybridized carbons (Fsp3) is 0.0833. The van der Waals surface area contributed by atoms with Gasteiger partial charge < -0.3 is 16.2 Å². The van der Waals surface area contributed by atoms with Crippen molar-refractivity contribution < 1.29 is 18.3 Å². The number of nitrogens with zero attached hydrogens (tertiary/aromatic N) is 1. The third-order valence-corrected chi connectivity index (χ3v) is 2.42. The van der Waals surface area contributed by atoms with Gasteiger partial charge in [0.25, 0.3) is 0 Å². The molecule has 0 bridgehead atoms. The predicted molar refractivity (Wildman–Crippen MR) is 65.0 cm³/mol. The molecule has 100 valence electrons. The molecule has 0 fully saturated rings. The molecule has 2 rings (SSSR count). The van der Waals surface area contributed by atoms with Gasteiger partial charge in [-0.05, 0) is 30.3 Å². The first-order valence-electron chi connectivity index (χ1n) is 5.25. The van der Waals surface area contributed by atoms with E-state index in [0.29, 0.717) is 0 Å². The standard InChI is InChI=1S/C12H10F3N3O/c13-12(14,15)7-3-4-9(8(16)6-7)18-11-10(19)2-1-5-17-11/h1-6,19H,16H2,(H,17,18). The Labute approximate surface area is 106 Å². The third-order valence-electron chi connectivity index (χ3n) is 2.42. The molecule has 19 heavy (non-hydrogen) atoms. The molecule has 4 N–H and O–H groups in total. The number of benzene rings is 1. The molecule has 0 amide bonds. The van der Waals surface area contributed by atoms with Crippen LogP contribution in [0.3, 0.4) is 0 Å². The number of aromatic nitrogens is 1. The highest BCUT2D eigenvalue weighted by Crippen LogP contribution is 2.34. The number of pyridine rings is 1. The van der Waals surface area contributed by atoms with Crippen molar-refractivity contribution in [3.8, 4) is 5.75 Å². The van der Waals surface area contributed by atoms with E-state index in [-0.39, 0.29) is 22.9 Å². The zero-order valence-corrected chi connectivity index (χ0v) is 9.57. The molecule has 0 aliphatic heterocycles. The highest BCUT2D eigenvalue weighted by Gasteiger charge is 2.30. The summed E-state index contributed by atoms with van der Waals surface area (Å²) in [5.41, 5.74) is 4.87. The lowest BCUT2D eigenvalue weighted by molar-refractivity contribution is -0.137. The molecule has 1 heterocycles. The summed E-state index contributed by atoms with van der Waals surface area (Å²) in [6, 6.07) is 5.83. The minimum absolute atomic E-state index is 0.0834. The average molecular weight is 269 g/mol. The van der Waals surface area contributed by atoms with E-state index in [2.05, 4.69) is 10.3 Å². The van der Waals surface area contributed by atoms with Crippen molar-refractivity contribution >= 4 is 17.2 Å². The average Bonchev–Trinajstić information content (AvgIpc) is 2.33. The Morgan fingerprint density at radius 1 is 1.21 bits per heavy atom. The lowest BCUT2D eigenvalue weighted by Gasteiger charge is -2.12. The Bertz CT molecular complexity index is 599. The number of halogens is 3. The number of nitrogens with one attached hydrogen (secondary N) is 1. The second-order valence-corrected chi connectivity index (χ2v) is 3.80. The zero-order valence-electron chi connectivity index (χ0n) is 9.57. The van der Waals surface area contributed by atoms with Crippen molar-refractivity contribution in [3.05, 3.63) is 42.1 Å². The van der Waals surface area contributed by atoms with Gasteiger partial charge in [0.1, 0.15) is 0 Å². The summed E-state index contributed by atoms with van der Waals surface area (Å²) in [7, 11) is 0. The molecule has 0 spiro atoms. The number of hydrogen-bond donors (Lipinski definition) is 3. The van der Waals surface area contributed by atoms with Crippen molar-refractivity contribution in [3.63, 3.8) is 0 Å². The number of nitrogens with two attached hydrogens (primary N) is 1. The molecule has 0 aliphatic rings. The maximum atomic E-state index is 12.5. The van der Waals surface area contributed by atoms with Gasteiger partial charge in [-0.1, -0.05) is 0 Å². The van der Waals surface area contributed by atoms with Gasteiger partial charge in [0.15, 0.2) is 11.6 Å². The van der Waals surface area contributed by atoms with E-state index in [4.69, 9.17) is 5.73 Å². The van der Waals surface area contributed by atoms with E-state index in [1.165, 1.54) is 24.4 Å². The summed E-state index contributed by atoms with van der Waals surface area (Å²) in [5.74, 6) is -0.00393. The molecule has 0 saturated heterocycles. The minimum Gasteiger partial charge on any atom is -0.504 e. The second kappa shape index (κ2) is 4.68. The van der Waals surface area contributed by atoms with Gasteiger partial charge in [0.05, 0.1) is 16.9 Å². The van der Waals surface area contributed by atoms with Crippen molar-refractivity contribution in [1.82, 2.24) is 4.98 Å². The molecule has 2 aromatic rings. The lowest BCUT2D eigenvalue weighted by Crippen LogP contribution is -2.07. The van der Waals surface area contributed by atoms with Crippen molar-refractivity contribution in [1.29, 1.82) is 0 Å². The second-order valence-electron chi connectivity index (χ2n) is 3.80. The Kier molecular flexibility index (Phi) is 3.20. The van der Waals surface area contributed by atoms with Crippen LogP contribution in [0.5, 0.6) is 5.75 Å². The van der Waals surface area contributed by atoms with Gasteiger partial charge in [-0.3, -0.25) is 0 Å². The first-order chi connectivity index (χ1) is 8.88. The van der Waals surface area contributed by atoms with E-state index >= 15 is 0 Å². The van der Waals surface area contributed by atoms with E-state index in [1.54, 1.807) is 0 Å². The van der Waals surface area contributed by atoms with Crippen LogP contribution < -0.4 is 11.1 Å². The molecule has 7 heteroatoms. The Morgan fingerprint density at radius 2 is 1.95 bits per heavy atom. The maximum Gasteiger partial charge on any atom is 0.416 e. The Morgan fingerprint density at radius 3 is 2.53 bits per heavy atom. The summed E-state index contributed by atoms with van der Waals surface area (Å²) in [6.45, 7) is 0. The SMILES string of the molecule is Nc1cc(C(F)(F)F)ccc1Nc1ncccc1O. The molecule has 0 radical (unpaired) electrons. The van der Waals surface area contributed by atoms with E-state index < -0.39 is 11.7 Å². The maximum absolute atomic E-state index is 12.5. The predicted octanol–water partition coefficient (Wildman–Crippen LogP) is 3.13. The quantitative estimate of drug-likeness (QED) is 0.732. The smallest absolute Gasteiger partial charge is 0.416 e. The van der Waals surface area contributed by atoms with Crippen LogP contribution in [0.15, 0.2) is 36.5 Å². The van der Waals surface area contributed by atoms with E-state index in [0.717, 1.165) is 12.1 Å². The first kappa shape index (κ1) is 13.0. The van der Waals surface area contributed by atoms with Crippen molar-refractivity contribution in [2.45, 2.75) is 6.18 Å². The normalized spacial score (nSPS) is 11.3. The molecule has 4 nitrogen and oxygen atoms in total. The van der Waals surface area contributed by atoms with Gasteiger partial charge >= 0.3 is 6.18 Å². The van der Waals surface area contributed by atoms with Crippen LogP contribution in [0, 0.1) is 0 Å². The van der Waals surface area contributed by atoms with Crippen molar-refractivity contribution in [2.24, 2.45) is 0 Å². The van der Waals surface area contributed by atoms with E-state index in [9.17, 15) is 18.3 Å².